The van der Waals surface area contributed by atoms with E-state index in [9.17, 15) is 47.9 Å². The normalized spacial score (nSPS) is 15.8. The number of hydrogen-bond acceptors (Lipinski definition) is 13. The first-order valence-electron chi connectivity index (χ1n) is 27.0. The number of primary amides is 1. The highest BCUT2D eigenvalue weighted by Gasteiger charge is 2.39. The monoisotopic (exact) mass is 1080 g/mol. The molecule has 23 nitrogen and oxygen atoms in total. The van der Waals surface area contributed by atoms with E-state index in [2.05, 4.69) is 53.0 Å². The molecule has 2 rings (SSSR count). The predicted molar refractivity (Wildman–Crippen MR) is 297 cm³/mol. The van der Waals surface area contributed by atoms with Gasteiger partial charge in [-0.2, -0.15) is 5.10 Å². The van der Waals surface area contributed by atoms with Gasteiger partial charge in [0, 0.05) is 46.2 Å². The third-order valence-electron chi connectivity index (χ3n) is 12.8. The van der Waals surface area contributed by atoms with Gasteiger partial charge in [-0.25, -0.2) is 0 Å². The lowest BCUT2D eigenvalue weighted by Gasteiger charge is -2.32. The summed E-state index contributed by atoms with van der Waals surface area (Å²) in [5.41, 5.74) is 5.79. The summed E-state index contributed by atoms with van der Waals surface area (Å²) in [7, 11) is 3.83. The zero-order valence-corrected chi connectivity index (χ0v) is 48.2. The lowest BCUT2D eigenvalue weighted by molar-refractivity contribution is -0.138. The van der Waals surface area contributed by atoms with Crippen molar-refractivity contribution in [3.63, 3.8) is 0 Å². The molecule has 432 valence electrons. The van der Waals surface area contributed by atoms with Gasteiger partial charge in [0.2, 0.25) is 53.2 Å². The average molecular weight is 1080 g/mol. The van der Waals surface area contributed by atoms with Crippen LogP contribution in [0.4, 0.5) is 11.4 Å². The third-order valence-corrected chi connectivity index (χ3v) is 12.8. The van der Waals surface area contributed by atoms with E-state index in [1.165, 1.54) is 27.7 Å². The molecular formula is C54H91N13O10. The maximum Gasteiger partial charge on any atom is 0.267 e. The molecule has 0 saturated heterocycles. The van der Waals surface area contributed by atoms with E-state index < -0.39 is 107 Å². The number of anilines is 2. The minimum atomic E-state index is -1.65. The van der Waals surface area contributed by atoms with Crippen LogP contribution in [0.3, 0.4) is 0 Å². The van der Waals surface area contributed by atoms with Crippen molar-refractivity contribution < 1.29 is 47.9 Å². The minimum Gasteiger partial charge on any atom is -0.378 e. The van der Waals surface area contributed by atoms with E-state index >= 15 is 0 Å². The first-order chi connectivity index (χ1) is 35.9. The summed E-state index contributed by atoms with van der Waals surface area (Å²) >= 11 is 0. The molecule has 23 heteroatoms. The van der Waals surface area contributed by atoms with Gasteiger partial charge in [0.15, 0.2) is 0 Å². The van der Waals surface area contributed by atoms with Gasteiger partial charge in [-0.1, -0.05) is 68.7 Å². The highest BCUT2D eigenvalue weighted by molar-refractivity contribution is 6.40. The Morgan fingerprint density at radius 3 is 1.73 bits per heavy atom. The van der Waals surface area contributed by atoms with Gasteiger partial charge < -0.3 is 58.5 Å². The SMILES string of the molecule is CCCCNC(=O)C1CC(C(=O)NCCCCC(NC(=O)C(NC(=O)C(C)(C)NC(=O)C(CC(C)C)NC(=O)C(C)NC(=O)C(NC(C)=O)C(C)C)C(C)C)C(=O)NC(CC(C)C)C(N)=O)=NN1c1ccc(N(C)C)cc1. The maximum absolute atomic E-state index is 14.2. The number of benzene rings is 1. The fourth-order valence-corrected chi connectivity index (χ4v) is 8.23. The zero-order chi connectivity index (χ0) is 58.5. The molecule has 1 heterocycles. The Labute approximate surface area is 455 Å². The van der Waals surface area contributed by atoms with Crippen molar-refractivity contribution in [1.29, 1.82) is 0 Å². The molecule has 0 spiro atoms. The topological polar surface area (TPSA) is 324 Å². The van der Waals surface area contributed by atoms with E-state index in [0.29, 0.717) is 25.1 Å². The standard InChI is InChI=1S/C54H91N13O10/c1-16-17-25-57-50(74)42-29-41(65-67(42)37-23-21-36(22-24-37)66(14)15)47(71)56-26-19-18-20-38(48(72)61-39(45(55)69)27-30(2)3)60-52(76)44(33(8)9)63-53(77)54(12,13)64-49(73)40(28-31(4)5)62-46(70)34(10)58-51(75)43(32(6)7)59-35(11)68/h21-24,30-34,38-40,42-44H,16-20,25-29H2,1-15H3,(H2,55,69)(H,56,71)(H,57,74)(H,58,75)(H,59,68)(H,60,76)(H,61,72)(H,62,70)(H,63,77)(H,64,73). The third kappa shape index (κ3) is 22.0. The Morgan fingerprint density at radius 1 is 0.662 bits per heavy atom. The van der Waals surface area contributed by atoms with Crippen molar-refractivity contribution in [1.82, 2.24) is 47.9 Å². The van der Waals surface area contributed by atoms with Crippen LogP contribution in [-0.4, -0.2) is 140 Å². The number of unbranched alkanes of at least 4 members (excludes halogenated alkanes) is 2. The van der Waals surface area contributed by atoms with Crippen molar-refractivity contribution in [2.75, 3.05) is 37.1 Å². The average Bonchev–Trinajstić information content (AvgIpc) is 3.79. The lowest BCUT2D eigenvalue weighted by Crippen LogP contribution is -2.64. The lowest BCUT2D eigenvalue weighted by atomic mass is 9.97. The summed E-state index contributed by atoms with van der Waals surface area (Å²) in [5.74, 6) is -6.95. The fraction of sp³-hybridized carbons (Fsp3) is 0.685. The van der Waals surface area contributed by atoms with Crippen LogP contribution in [0.2, 0.25) is 0 Å². The van der Waals surface area contributed by atoms with Crippen molar-refractivity contribution in [3.8, 4) is 0 Å². The Bertz CT molecular complexity index is 2230. The number of carbonyl (C=O) groups is 10. The van der Waals surface area contributed by atoms with Gasteiger partial charge in [-0.05, 0) is 107 Å². The Hall–Kier alpha value is -6.81. The summed E-state index contributed by atoms with van der Waals surface area (Å²) in [5, 5.41) is 30.6. The van der Waals surface area contributed by atoms with Crippen molar-refractivity contribution in [2.45, 2.75) is 189 Å². The van der Waals surface area contributed by atoms with E-state index in [1.807, 2.05) is 77.9 Å². The van der Waals surface area contributed by atoms with E-state index in [1.54, 1.807) is 32.7 Å². The molecule has 0 aromatic heterocycles. The Morgan fingerprint density at radius 2 is 1.19 bits per heavy atom. The van der Waals surface area contributed by atoms with Crippen LogP contribution in [0.15, 0.2) is 29.4 Å². The number of nitrogens with one attached hydrogen (secondary N) is 9. The van der Waals surface area contributed by atoms with Crippen LogP contribution in [0.1, 0.15) is 141 Å². The Balaban J connectivity index is 2.25. The quantitative estimate of drug-likeness (QED) is 0.0461. The van der Waals surface area contributed by atoms with Gasteiger partial charge in [0.25, 0.3) is 5.91 Å². The summed E-state index contributed by atoms with van der Waals surface area (Å²) in [6.07, 6.45) is 2.87. The molecule has 11 N–H and O–H groups in total. The van der Waals surface area contributed by atoms with Gasteiger partial charge >= 0.3 is 0 Å². The molecular weight excluding hydrogens is 991 g/mol. The smallest absolute Gasteiger partial charge is 0.267 e. The van der Waals surface area contributed by atoms with Crippen molar-refractivity contribution in [3.05, 3.63) is 24.3 Å². The van der Waals surface area contributed by atoms with Gasteiger partial charge in [0.1, 0.15) is 53.5 Å². The summed E-state index contributed by atoms with van der Waals surface area (Å²) in [6.45, 7) is 22.5. The molecule has 0 saturated carbocycles. The number of nitrogens with two attached hydrogens (primary N) is 1. The number of amides is 10. The summed E-state index contributed by atoms with van der Waals surface area (Å²) in [6, 6.07) is 0.115. The molecule has 0 radical (unpaired) electrons. The minimum absolute atomic E-state index is 0.0206. The maximum atomic E-state index is 14.2. The number of hydrogen-bond donors (Lipinski definition) is 10. The highest BCUT2D eigenvalue weighted by Crippen LogP contribution is 2.27. The molecule has 77 heavy (non-hydrogen) atoms. The molecule has 1 aliphatic rings. The van der Waals surface area contributed by atoms with E-state index in [4.69, 9.17) is 5.73 Å². The second kappa shape index (κ2) is 31.4. The fourth-order valence-electron chi connectivity index (χ4n) is 8.23. The van der Waals surface area contributed by atoms with Crippen molar-refractivity contribution in [2.24, 2.45) is 34.5 Å². The molecule has 0 fully saturated rings. The number of rotatable bonds is 32. The molecule has 10 amide bonds. The molecule has 1 aliphatic heterocycles. The second-order valence-corrected chi connectivity index (χ2v) is 22.2. The van der Waals surface area contributed by atoms with Crippen LogP contribution >= 0.6 is 0 Å². The summed E-state index contributed by atoms with van der Waals surface area (Å²) in [4.78, 5) is 135. The molecule has 7 atom stereocenters. The van der Waals surface area contributed by atoms with Crippen LogP contribution in [-0.2, 0) is 47.9 Å². The number of carbonyl (C=O) groups excluding carboxylic acids is 10. The molecule has 0 aliphatic carbocycles. The van der Waals surface area contributed by atoms with Gasteiger partial charge in [-0.3, -0.25) is 53.0 Å². The van der Waals surface area contributed by atoms with E-state index in [0.717, 1.165) is 18.5 Å². The molecule has 0 bridgehead atoms. The van der Waals surface area contributed by atoms with Gasteiger partial charge in [-0.15, -0.1) is 0 Å². The number of nitrogens with zero attached hydrogens (tertiary/aromatic N) is 3. The Kier molecular flexibility index (Phi) is 27.1. The first kappa shape index (κ1) is 66.3. The second-order valence-electron chi connectivity index (χ2n) is 22.2. The zero-order valence-electron chi connectivity index (χ0n) is 48.2. The van der Waals surface area contributed by atoms with Crippen LogP contribution < -0.4 is 63.5 Å². The van der Waals surface area contributed by atoms with Crippen LogP contribution in [0.5, 0.6) is 0 Å². The molecule has 1 aromatic carbocycles. The largest absolute Gasteiger partial charge is 0.378 e. The molecule has 7 unspecified atom stereocenters. The van der Waals surface area contributed by atoms with Crippen molar-refractivity contribution >= 4 is 76.2 Å². The predicted octanol–water partition coefficient (Wildman–Crippen LogP) is 1.62. The summed E-state index contributed by atoms with van der Waals surface area (Å²) < 4.78 is 0. The van der Waals surface area contributed by atoms with Crippen LogP contribution in [0.25, 0.3) is 0 Å². The first-order valence-corrected chi connectivity index (χ1v) is 27.0. The molecule has 1 aromatic rings. The van der Waals surface area contributed by atoms with Crippen LogP contribution in [0, 0.1) is 23.7 Å². The van der Waals surface area contributed by atoms with E-state index in [-0.39, 0.29) is 61.6 Å². The number of hydrazone groups is 1. The van der Waals surface area contributed by atoms with Gasteiger partial charge in [0.05, 0.1) is 5.69 Å². The highest BCUT2D eigenvalue weighted by atomic mass is 16.2.